The molecule has 0 fully saturated rings. The fraction of sp³-hybridized carbons (Fsp3) is 0.556. The van der Waals surface area contributed by atoms with E-state index in [-0.39, 0.29) is 12.4 Å². The molecule has 0 heterocycles. The normalized spacial score (nSPS) is 12.9. The summed E-state index contributed by atoms with van der Waals surface area (Å²) >= 11 is 0. The molecule has 2 nitrogen and oxygen atoms in total. The number of nitrogens with one attached hydrogen (secondary N) is 2. The van der Waals surface area contributed by atoms with Crippen molar-refractivity contribution in [1.29, 1.82) is 0 Å². The molecule has 0 aliphatic heterocycles. The zero-order valence-electron chi connectivity index (χ0n) is 19.1. The topological polar surface area (TPSA) is 24.1 Å². The number of halogens is 1. The summed E-state index contributed by atoms with van der Waals surface area (Å²) in [7, 11) is 0. The Morgan fingerprint density at radius 3 is 1.23 bits per heavy atom. The average Bonchev–Trinajstić information content (AvgIpc) is 2.73. The van der Waals surface area contributed by atoms with Crippen LogP contribution in [-0.4, -0.2) is 25.2 Å². The van der Waals surface area contributed by atoms with Crippen LogP contribution in [0, 0.1) is 0 Å². The van der Waals surface area contributed by atoms with Crippen molar-refractivity contribution in [1.82, 2.24) is 10.6 Å². The minimum absolute atomic E-state index is 0. The van der Waals surface area contributed by atoms with Gasteiger partial charge in [-0.2, -0.15) is 0 Å². The minimum Gasteiger partial charge on any atom is -0.314 e. The van der Waals surface area contributed by atoms with Gasteiger partial charge in [0.2, 0.25) is 0 Å². The summed E-state index contributed by atoms with van der Waals surface area (Å²) in [6.07, 6.45) is 11.7. The first-order valence-corrected chi connectivity index (χ1v) is 11.8. The second-order valence-corrected chi connectivity index (χ2v) is 8.56. The molecule has 0 aromatic heterocycles. The van der Waals surface area contributed by atoms with Gasteiger partial charge < -0.3 is 10.6 Å². The predicted octanol–water partition coefficient (Wildman–Crippen LogP) is 6.58. The molecule has 0 aliphatic rings. The Balaban J connectivity index is 0.00000450. The van der Waals surface area contributed by atoms with Crippen LogP contribution in [0.1, 0.15) is 69.9 Å². The van der Waals surface area contributed by atoms with Crippen molar-refractivity contribution < 1.29 is 0 Å². The van der Waals surface area contributed by atoms with E-state index in [4.69, 9.17) is 0 Å². The standard InChI is InChI=1S/C27H42N2.ClH/c1-24(22-26-16-10-8-11-17-26)28-20-14-6-4-3-5-7-15-21-29-25(2)23-27-18-12-9-13-19-27;/h8-13,16-19,24-25,28-29H,3-7,14-15,20-23H2,1-2H3;1H. The first kappa shape index (κ1) is 26.7. The zero-order chi connectivity index (χ0) is 20.6. The maximum Gasteiger partial charge on any atom is 0.00791 e. The Hall–Kier alpha value is -1.35. The van der Waals surface area contributed by atoms with Crippen LogP contribution in [-0.2, 0) is 12.8 Å². The lowest BCUT2D eigenvalue weighted by molar-refractivity contribution is 0.496. The Kier molecular flexibility index (Phi) is 15.4. The van der Waals surface area contributed by atoms with E-state index in [2.05, 4.69) is 85.1 Å². The molecule has 0 bridgehead atoms. The second kappa shape index (κ2) is 17.3. The molecule has 2 N–H and O–H groups in total. The smallest absolute Gasteiger partial charge is 0.00791 e. The van der Waals surface area contributed by atoms with E-state index in [0.29, 0.717) is 12.1 Å². The van der Waals surface area contributed by atoms with Gasteiger partial charge in [-0.25, -0.2) is 0 Å². The summed E-state index contributed by atoms with van der Waals surface area (Å²) in [5.74, 6) is 0. The van der Waals surface area contributed by atoms with Gasteiger partial charge in [0.25, 0.3) is 0 Å². The van der Waals surface area contributed by atoms with Crippen molar-refractivity contribution in [2.24, 2.45) is 0 Å². The number of hydrogen-bond donors (Lipinski definition) is 2. The van der Waals surface area contributed by atoms with Gasteiger partial charge in [0, 0.05) is 12.1 Å². The molecule has 30 heavy (non-hydrogen) atoms. The van der Waals surface area contributed by atoms with E-state index in [1.807, 2.05) is 0 Å². The summed E-state index contributed by atoms with van der Waals surface area (Å²) in [4.78, 5) is 0. The SMILES string of the molecule is CC(Cc1ccccc1)NCCCCCCCCCNC(C)Cc1ccccc1.Cl. The lowest BCUT2D eigenvalue weighted by atomic mass is 10.1. The molecule has 2 atom stereocenters. The van der Waals surface area contributed by atoms with E-state index in [1.165, 1.54) is 56.1 Å². The van der Waals surface area contributed by atoms with Gasteiger partial charge in [0.15, 0.2) is 0 Å². The van der Waals surface area contributed by atoms with Crippen LogP contribution in [0.15, 0.2) is 60.7 Å². The van der Waals surface area contributed by atoms with Crippen LogP contribution in [0.4, 0.5) is 0 Å². The van der Waals surface area contributed by atoms with E-state index >= 15 is 0 Å². The highest BCUT2D eigenvalue weighted by atomic mass is 35.5. The number of hydrogen-bond acceptors (Lipinski definition) is 2. The molecule has 0 saturated carbocycles. The van der Waals surface area contributed by atoms with E-state index in [1.54, 1.807) is 0 Å². The molecular formula is C27H43ClN2. The third-order valence-corrected chi connectivity index (χ3v) is 5.61. The van der Waals surface area contributed by atoms with Gasteiger partial charge >= 0.3 is 0 Å². The predicted molar refractivity (Wildman–Crippen MR) is 135 cm³/mol. The average molecular weight is 431 g/mol. The second-order valence-electron chi connectivity index (χ2n) is 8.56. The third-order valence-electron chi connectivity index (χ3n) is 5.61. The molecule has 2 unspecified atom stereocenters. The third kappa shape index (κ3) is 13.1. The van der Waals surface area contributed by atoms with Crippen molar-refractivity contribution in [3.63, 3.8) is 0 Å². The van der Waals surface area contributed by atoms with Gasteiger partial charge in [0.1, 0.15) is 0 Å². The molecule has 168 valence electrons. The van der Waals surface area contributed by atoms with Gasteiger partial charge in [-0.05, 0) is 63.7 Å². The molecule has 0 spiro atoms. The molecule has 2 aromatic rings. The number of unbranched alkanes of at least 4 members (excludes halogenated alkanes) is 6. The lowest BCUT2D eigenvalue weighted by Crippen LogP contribution is -2.29. The molecule has 0 saturated heterocycles. The van der Waals surface area contributed by atoms with Crippen LogP contribution >= 0.6 is 12.4 Å². The van der Waals surface area contributed by atoms with Crippen molar-refractivity contribution >= 4 is 12.4 Å². The summed E-state index contributed by atoms with van der Waals surface area (Å²) in [6.45, 7) is 6.89. The van der Waals surface area contributed by atoms with Crippen molar-refractivity contribution in [3.05, 3.63) is 71.8 Å². The van der Waals surface area contributed by atoms with Gasteiger partial charge in [-0.1, -0.05) is 92.8 Å². The first-order chi connectivity index (χ1) is 14.2. The summed E-state index contributed by atoms with van der Waals surface area (Å²) < 4.78 is 0. The highest BCUT2D eigenvalue weighted by molar-refractivity contribution is 5.85. The van der Waals surface area contributed by atoms with Crippen LogP contribution in [0.3, 0.4) is 0 Å². The zero-order valence-corrected chi connectivity index (χ0v) is 19.9. The molecule has 0 amide bonds. The largest absolute Gasteiger partial charge is 0.314 e. The van der Waals surface area contributed by atoms with Crippen molar-refractivity contribution in [2.45, 2.75) is 83.7 Å². The van der Waals surface area contributed by atoms with Gasteiger partial charge in [-0.15, -0.1) is 12.4 Å². The molecule has 3 heteroatoms. The van der Waals surface area contributed by atoms with Crippen LogP contribution in [0.25, 0.3) is 0 Å². The monoisotopic (exact) mass is 430 g/mol. The summed E-state index contributed by atoms with van der Waals surface area (Å²) in [5.41, 5.74) is 2.85. The lowest BCUT2D eigenvalue weighted by Gasteiger charge is -2.14. The molecule has 0 aliphatic carbocycles. The summed E-state index contributed by atoms with van der Waals surface area (Å²) in [5, 5.41) is 7.34. The molecule has 2 aromatic carbocycles. The first-order valence-electron chi connectivity index (χ1n) is 11.8. The van der Waals surface area contributed by atoms with Gasteiger partial charge in [0.05, 0.1) is 0 Å². The van der Waals surface area contributed by atoms with Gasteiger partial charge in [-0.3, -0.25) is 0 Å². The fourth-order valence-corrected chi connectivity index (χ4v) is 3.91. The quantitative estimate of drug-likeness (QED) is 0.294. The number of benzene rings is 2. The van der Waals surface area contributed by atoms with Crippen molar-refractivity contribution in [2.75, 3.05) is 13.1 Å². The Morgan fingerprint density at radius 1 is 0.533 bits per heavy atom. The Bertz CT molecular complexity index is 562. The van der Waals surface area contributed by atoms with E-state index in [9.17, 15) is 0 Å². The van der Waals surface area contributed by atoms with E-state index in [0.717, 1.165) is 25.9 Å². The van der Waals surface area contributed by atoms with Crippen LogP contribution in [0.5, 0.6) is 0 Å². The molecule has 0 radical (unpaired) electrons. The Labute approximate surface area is 191 Å². The highest BCUT2D eigenvalue weighted by Crippen LogP contribution is 2.08. The highest BCUT2D eigenvalue weighted by Gasteiger charge is 2.03. The summed E-state index contributed by atoms with van der Waals surface area (Å²) in [6, 6.07) is 22.7. The molecule has 2 rings (SSSR count). The van der Waals surface area contributed by atoms with Crippen molar-refractivity contribution in [3.8, 4) is 0 Å². The minimum atomic E-state index is 0. The van der Waals surface area contributed by atoms with Crippen LogP contribution < -0.4 is 10.6 Å². The van der Waals surface area contributed by atoms with E-state index < -0.39 is 0 Å². The van der Waals surface area contributed by atoms with Crippen LogP contribution in [0.2, 0.25) is 0 Å². The maximum absolute atomic E-state index is 3.67. The molecular weight excluding hydrogens is 388 g/mol. The fourth-order valence-electron chi connectivity index (χ4n) is 3.91. The maximum atomic E-state index is 3.67. The number of rotatable bonds is 16. The Morgan fingerprint density at radius 2 is 0.867 bits per heavy atom.